The third-order valence-electron chi connectivity index (χ3n) is 5.98. The molecule has 3 aromatic carbocycles. The van der Waals surface area contributed by atoms with E-state index in [1.165, 1.54) is 30.3 Å². The molecule has 4 aromatic rings. The second-order valence-corrected chi connectivity index (χ2v) is 12.4. The summed E-state index contributed by atoms with van der Waals surface area (Å²) < 4.78 is 69.1. The van der Waals surface area contributed by atoms with E-state index < -0.39 is 25.7 Å². The molecule has 0 fully saturated rings. The predicted molar refractivity (Wildman–Crippen MR) is 134 cm³/mol. The maximum atomic E-state index is 14.2. The molecule has 0 aliphatic carbocycles. The van der Waals surface area contributed by atoms with Gasteiger partial charge in [-0.05, 0) is 79.8 Å². The van der Waals surface area contributed by atoms with Crippen molar-refractivity contribution in [1.82, 2.24) is 3.97 Å². The molecule has 1 aromatic heterocycles. The van der Waals surface area contributed by atoms with E-state index in [1.807, 2.05) is 6.92 Å². The number of sulfone groups is 1. The van der Waals surface area contributed by atoms with Crippen molar-refractivity contribution in [3.05, 3.63) is 89.9 Å². The number of aromatic nitrogens is 1. The van der Waals surface area contributed by atoms with E-state index in [-0.39, 0.29) is 31.5 Å². The summed E-state index contributed by atoms with van der Waals surface area (Å²) in [4.78, 5) is -0.319. The zero-order valence-electron chi connectivity index (χ0n) is 19.5. The minimum atomic E-state index is -4.19. The van der Waals surface area contributed by atoms with Crippen LogP contribution in [-0.2, 0) is 19.9 Å². The van der Waals surface area contributed by atoms with E-state index in [4.69, 9.17) is 5.41 Å². The highest BCUT2D eigenvalue weighted by Gasteiger charge is 2.29. The molecule has 1 heterocycles. The van der Waals surface area contributed by atoms with Crippen molar-refractivity contribution in [3.8, 4) is 0 Å². The maximum Gasteiger partial charge on any atom is 0.268 e. The molecule has 9 heteroatoms. The fraction of sp³-hybridized carbons (Fsp3) is 0.192. The van der Waals surface area contributed by atoms with Crippen LogP contribution in [0.3, 0.4) is 0 Å². The van der Waals surface area contributed by atoms with Crippen molar-refractivity contribution in [2.24, 2.45) is 0 Å². The summed E-state index contributed by atoms with van der Waals surface area (Å²) in [6.07, 6.45) is 1.60. The van der Waals surface area contributed by atoms with Crippen LogP contribution in [0.4, 0.5) is 4.39 Å². The highest BCUT2D eigenvalue weighted by atomic mass is 32.2. The van der Waals surface area contributed by atoms with Gasteiger partial charge in [-0.3, -0.25) is 0 Å². The molecule has 0 saturated carbocycles. The smallest absolute Gasteiger partial charge is 0.268 e. The summed E-state index contributed by atoms with van der Waals surface area (Å²) in [5.74, 6) is -0.637. The van der Waals surface area contributed by atoms with Crippen LogP contribution in [0, 0.1) is 18.2 Å². The molecule has 182 valence electrons. The second-order valence-electron chi connectivity index (χ2n) is 8.68. The van der Waals surface area contributed by atoms with Crippen LogP contribution in [0.1, 0.15) is 37.3 Å². The number of nitrogens with one attached hydrogen (secondary N) is 1. The standard InChI is InChI=1S/C26H25FN2O4S2/c1-17(13-19(3)28)23-11-10-22(14-18(23)2)34(30,31)26-16-29(25-12-9-20(27)15-24(25)26)35(32,33)21-7-5-4-6-8-21/h4-12,14-17,28H,13H2,1-3H3. The van der Waals surface area contributed by atoms with E-state index in [0.29, 0.717) is 12.1 Å². The average molecular weight is 513 g/mol. The number of benzene rings is 3. The number of hydrogen-bond donors (Lipinski definition) is 1. The van der Waals surface area contributed by atoms with Crippen molar-refractivity contribution >= 4 is 36.5 Å². The van der Waals surface area contributed by atoms with Crippen molar-refractivity contribution in [2.45, 2.75) is 47.8 Å². The van der Waals surface area contributed by atoms with Gasteiger partial charge in [0.25, 0.3) is 10.0 Å². The summed E-state index contributed by atoms with van der Waals surface area (Å²) in [6, 6.07) is 15.8. The summed E-state index contributed by atoms with van der Waals surface area (Å²) in [6.45, 7) is 5.50. The second kappa shape index (κ2) is 9.05. The Kier molecular flexibility index (Phi) is 6.42. The van der Waals surface area contributed by atoms with Gasteiger partial charge in [-0.1, -0.05) is 31.2 Å². The topological polar surface area (TPSA) is 97.1 Å². The molecular weight excluding hydrogens is 487 g/mol. The Morgan fingerprint density at radius 1 is 0.971 bits per heavy atom. The number of aryl methyl sites for hydroxylation is 1. The molecule has 6 nitrogen and oxygen atoms in total. The minimum absolute atomic E-state index is 0.0131. The third kappa shape index (κ3) is 4.53. The molecule has 0 amide bonds. The molecule has 0 aliphatic rings. The molecule has 0 radical (unpaired) electrons. The average Bonchev–Trinajstić information content (AvgIpc) is 3.19. The van der Waals surface area contributed by atoms with Gasteiger partial charge in [0.15, 0.2) is 0 Å². The summed E-state index contributed by atoms with van der Waals surface area (Å²) in [5, 5.41) is 7.71. The Balaban J connectivity index is 1.90. The molecule has 1 unspecified atom stereocenters. The molecule has 0 bridgehead atoms. The third-order valence-corrected chi connectivity index (χ3v) is 9.45. The normalized spacial score (nSPS) is 13.1. The first-order chi connectivity index (χ1) is 16.4. The number of rotatable bonds is 7. The first-order valence-electron chi connectivity index (χ1n) is 10.9. The molecule has 0 spiro atoms. The van der Waals surface area contributed by atoms with Gasteiger partial charge in [-0.25, -0.2) is 25.2 Å². The Labute approximate surface area is 204 Å². The lowest BCUT2D eigenvalue weighted by atomic mass is 9.92. The number of hydrogen-bond acceptors (Lipinski definition) is 5. The Morgan fingerprint density at radius 3 is 2.29 bits per heavy atom. The maximum absolute atomic E-state index is 14.2. The Bertz CT molecular complexity index is 1660. The molecule has 1 atom stereocenters. The van der Waals surface area contributed by atoms with E-state index in [9.17, 15) is 21.2 Å². The van der Waals surface area contributed by atoms with E-state index in [1.54, 1.807) is 38.1 Å². The van der Waals surface area contributed by atoms with Gasteiger partial charge < -0.3 is 5.41 Å². The van der Waals surface area contributed by atoms with Gasteiger partial charge in [0.2, 0.25) is 9.84 Å². The minimum Gasteiger partial charge on any atom is -0.310 e. The summed E-state index contributed by atoms with van der Waals surface area (Å²) in [7, 11) is -8.31. The largest absolute Gasteiger partial charge is 0.310 e. The van der Waals surface area contributed by atoms with E-state index in [2.05, 4.69) is 0 Å². The van der Waals surface area contributed by atoms with Crippen LogP contribution >= 0.6 is 0 Å². The monoisotopic (exact) mass is 512 g/mol. The fourth-order valence-corrected chi connectivity index (χ4v) is 7.31. The Hall–Kier alpha value is -3.30. The molecule has 0 aliphatic heterocycles. The van der Waals surface area contributed by atoms with Crippen molar-refractivity contribution in [2.75, 3.05) is 0 Å². The van der Waals surface area contributed by atoms with Crippen molar-refractivity contribution in [3.63, 3.8) is 0 Å². The molecule has 0 saturated heterocycles. The van der Waals surface area contributed by atoms with E-state index >= 15 is 0 Å². The van der Waals surface area contributed by atoms with Crippen LogP contribution in [0.2, 0.25) is 0 Å². The fourth-order valence-electron chi connectivity index (χ4n) is 4.33. The first-order valence-corrected chi connectivity index (χ1v) is 13.9. The van der Waals surface area contributed by atoms with Crippen LogP contribution in [0.5, 0.6) is 0 Å². The molecular formula is C26H25FN2O4S2. The molecule has 35 heavy (non-hydrogen) atoms. The molecule has 1 N–H and O–H groups in total. The number of halogens is 1. The van der Waals surface area contributed by atoms with Gasteiger partial charge in [0, 0.05) is 17.3 Å². The lowest BCUT2D eigenvalue weighted by Crippen LogP contribution is -2.12. The van der Waals surface area contributed by atoms with Gasteiger partial charge >= 0.3 is 0 Å². The highest BCUT2D eigenvalue weighted by Crippen LogP contribution is 2.34. The predicted octanol–water partition coefficient (Wildman–Crippen LogP) is 5.69. The van der Waals surface area contributed by atoms with Crippen LogP contribution in [-0.4, -0.2) is 26.5 Å². The zero-order chi connectivity index (χ0) is 25.5. The van der Waals surface area contributed by atoms with Crippen LogP contribution in [0.25, 0.3) is 10.9 Å². The summed E-state index contributed by atoms with van der Waals surface area (Å²) in [5.41, 5.74) is 2.27. The zero-order valence-corrected chi connectivity index (χ0v) is 21.1. The SMILES string of the molecule is CC(=N)CC(C)c1ccc(S(=O)(=O)c2cn(S(=O)(=O)c3ccccc3)c3ccc(F)cc23)cc1C. The van der Waals surface area contributed by atoms with Gasteiger partial charge in [-0.15, -0.1) is 0 Å². The van der Waals surface area contributed by atoms with Crippen molar-refractivity contribution < 1.29 is 21.2 Å². The quantitative estimate of drug-likeness (QED) is 0.322. The molecule has 4 rings (SSSR count). The number of fused-ring (bicyclic) bond motifs is 1. The van der Waals surface area contributed by atoms with Gasteiger partial charge in [0.05, 0.1) is 20.2 Å². The summed E-state index contributed by atoms with van der Waals surface area (Å²) >= 11 is 0. The lowest BCUT2D eigenvalue weighted by molar-refractivity contribution is 0.588. The Morgan fingerprint density at radius 2 is 1.66 bits per heavy atom. The number of nitrogens with zero attached hydrogens (tertiary/aromatic N) is 1. The van der Waals surface area contributed by atoms with Crippen LogP contribution < -0.4 is 0 Å². The first kappa shape index (κ1) is 24.8. The van der Waals surface area contributed by atoms with Gasteiger partial charge in [0.1, 0.15) is 5.82 Å². The highest BCUT2D eigenvalue weighted by molar-refractivity contribution is 7.92. The van der Waals surface area contributed by atoms with Crippen molar-refractivity contribution in [1.29, 1.82) is 5.41 Å². The van der Waals surface area contributed by atoms with E-state index in [0.717, 1.165) is 33.4 Å². The van der Waals surface area contributed by atoms with Crippen LogP contribution in [0.15, 0.2) is 87.6 Å². The lowest BCUT2D eigenvalue weighted by Gasteiger charge is -2.15. The van der Waals surface area contributed by atoms with Gasteiger partial charge in [-0.2, -0.15) is 0 Å².